The number of carbonyl (C=O) groups excluding carboxylic acids is 1. The Hall–Kier alpha value is -3.08. The van der Waals surface area contributed by atoms with Crippen LogP contribution in [0.3, 0.4) is 0 Å². The van der Waals surface area contributed by atoms with Crippen molar-refractivity contribution in [1.82, 2.24) is 10.3 Å². The molecule has 0 fully saturated rings. The van der Waals surface area contributed by atoms with Crippen molar-refractivity contribution in [3.05, 3.63) is 71.6 Å². The molecule has 1 aliphatic rings. The van der Waals surface area contributed by atoms with Crippen LogP contribution in [0.25, 0.3) is 11.5 Å². The molecule has 5 nitrogen and oxygen atoms in total. The van der Waals surface area contributed by atoms with E-state index in [9.17, 15) is 4.79 Å². The molecule has 1 amide bonds. The second kappa shape index (κ2) is 6.20. The van der Waals surface area contributed by atoms with Gasteiger partial charge in [0.25, 0.3) is 5.91 Å². The maximum absolute atomic E-state index is 12.3. The van der Waals surface area contributed by atoms with E-state index < -0.39 is 0 Å². The maximum atomic E-state index is 12.3. The van der Waals surface area contributed by atoms with Crippen LogP contribution >= 0.6 is 0 Å². The summed E-state index contributed by atoms with van der Waals surface area (Å²) in [6.45, 7) is 1.00. The van der Waals surface area contributed by atoms with E-state index in [4.69, 9.17) is 9.15 Å². The van der Waals surface area contributed by atoms with Gasteiger partial charge >= 0.3 is 0 Å². The van der Waals surface area contributed by atoms with Gasteiger partial charge in [-0.3, -0.25) is 4.79 Å². The second-order valence-corrected chi connectivity index (χ2v) is 5.61. The maximum Gasteiger partial charge on any atom is 0.251 e. The summed E-state index contributed by atoms with van der Waals surface area (Å²) in [5.74, 6) is 1.29. The minimum absolute atomic E-state index is 0.131. The molecular weight excluding hydrogens is 304 g/mol. The summed E-state index contributed by atoms with van der Waals surface area (Å²) in [7, 11) is 0. The van der Waals surface area contributed by atoms with Crippen molar-refractivity contribution in [3.63, 3.8) is 0 Å². The van der Waals surface area contributed by atoms with E-state index in [2.05, 4.69) is 10.3 Å². The van der Waals surface area contributed by atoms with Crippen LogP contribution in [0, 0.1) is 0 Å². The Morgan fingerprint density at radius 3 is 2.92 bits per heavy atom. The number of ether oxygens (including phenoxy) is 1. The van der Waals surface area contributed by atoms with E-state index in [1.807, 2.05) is 42.5 Å². The van der Waals surface area contributed by atoms with E-state index in [1.54, 1.807) is 12.3 Å². The van der Waals surface area contributed by atoms with E-state index >= 15 is 0 Å². The zero-order valence-corrected chi connectivity index (χ0v) is 13.0. The third kappa shape index (κ3) is 2.88. The number of oxazole rings is 1. The summed E-state index contributed by atoms with van der Waals surface area (Å²) in [4.78, 5) is 16.7. The molecule has 1 aromatic heterocycles. The van der Waals surface area contributed by atoms with E-state index in [1.165, 1.54) is 0 Å². The van der Waals surface area contributed by atoms with Crippen molar-refractivity contribution < 1.29 is 13.9 Å². The standard InChI is InChI=1S/C19H16N2O3/c22-18(15-6-7-17-14(10-15)8-9-23-17)20-11-16-12-24-19(21-16)13-4-2-1-3-5-13/h1-7,10,12H,8-9,11H2,(H,20,22). The molecule has 5 heteroatoms. The van der Waals surface area contributed by atoms with Gasteiger partial charge in [-0.1, -0.05) is 18.2 Å². The second-order valence-electron chi connectivity index (χ2n) is 5.61. The Labute approximate surface area is 139 Å². The molecule has 24 heavy (non-hydrogen) atoms. The zero-order valence-electron chi connectivity index (χ0n) is 13.0. The van der Waals surface area contributed by atoms with Crippen LogP contribution < -0.4 is 10.1 Å². The number of nitrogens with one attached hydrogen (secondary N) is 1. The zero-order chi connectivity index (χ0) is 16.4. The summed E-state index contributed by atoms with van der Waals surface area (Å²) in [6.07, 6.45) is 2.42. The molecular formula is C19H16N2O3. The summed E-state index contributed by atoms with van der Waals surface area (Å²) in [5, 5.41) is 2.87. The van der Waals surface area contributed by atoms with Crippen LogP contribution in [-0.2, 0) is 13.0 Å². The van der Waals surface area contributed by atoms with Crippen LogP contribution in [0.2, 0.25) is 0 Å². The third-order valence-electron chi connectivity index (χ3n) is 3.95. The lowest BCUT2D eigenvalue weighted by atomic mass is 10.1. The van der Waals surface area contributed by atoms with Gasteiger partial charge in [-0.25, -0.2) is 4.98 Å². The van der Waals surface area contributed by atoms with Crippen LogP contribution in [0.1, 0.15) is 21.6 Å². The van der Waals surface area contributed by atoms with Crippen molar-refractivity contribution in [3.8, 4) is 17.2 Å². The van der Waals surface area contributed by atoms with Gasteiger partial charge in [0.1, 0.15) is 12.0 Å². The van der Waals surface area contributed by atoms with Crippen LogP contribution in [-0.4, -0.2) is 17.5 Å². The average Bonchev–Trinajstić information content (AvgIpc) is 3.29. The molecule has 0 atom stereocenters. The predicted molar refractivity (Wildman–Crippen MR) is 88.8 cm³/mol. The number of benzene rings is 2. The first-order valence-electron chi connectivity index (χ1n) is 7.83. The molecule has 1 aliphatic heterocycles. The lowest BCUT2D eigenvalue weighted by molar-refractivity contribution is 0.0950. The first kappa shape index (κ1) is 14.5. The van der Waals surface area contributed by atoms with Crippen LogP contribution in [0.4, 0.5) is 0 Å². The molecule has 0 radical (unpaired) electrons. The number of carbonyl (C=O) groups is 1. The highest BCUT2D eigenvalue weighted by molar-refractivity contribution is 5.94. The van der Waals surface area contributed by atoms with E-state index in [-0.39, 0.29) is 5.91 Å². The van der Waals surface area contributed by atoms with Gasteiger partial charge in [-0.2, -0.15) is 0 Å². The fourth-order valence-corrected chi connectivity index (χ4v) is 2.70. The lowest BCUT2D eigenvalue weighted by Gasteiger charge is -2.05. The molecule has 2 aromatic carbocycles. The highest BCUT2D eigenvalue weighted by Gasteiger charge is 2.15. The normalized spacial score (nSPS) is 12.5. The predicted octanol–water partition coefficient (Wildman–Crippen LogP) is 3.21. The molecule has 0 bridgehead atoms. The Bertz CT molecular complexity index is 871. The summed E-state index contributed by atoms with van der Waals surface area (Å²) < 4.78 is 10.9. The fraction of sp³-hybridized carbons (Fsp3) is 0.158. The van der Waals surface area contributed by atoms with Gasteiger partial charge in [-0.05, 0) is 35.9 Å². The molecule has 120 valence electrons. The number of hydrogen-bond donors (Lipinski definition) is 1. The smallest absolute Gasteiger partial charge is 0.251 e. The molecule has 4 rings (SSSR count). The number of rotatable bonds is 4. The van der Waals surface area contributed by atoms with Crippen molar-refractivity contribution in [2.24, 2.45) is 0 Å². The number of amides is 1. The molecule has 1 N–H and O–H groups in total. The number of aromatic nitrogens is 1. The summed E-state index contributed by atoms with van der Waals surface area (Å²) >= 11 is 0. The van der Waals surface area contributed by atoms with E-state index in [0.29, 0.717) is 30.3 Å². The monoisotopic (exact) mass is 320 g/mol. The Kier molecular flexibility index (Phi) is 3.75. The Morgan fingerprint density at radius 1 is 1.17 bits per heavy atom. The summed E-state index contributed by atoms with van der Waals surface area (Å²) in [6, 6.07) is 15.2. The summed E-state index contributed by atoms with van der Waals surface area (Å²) in [5.41, 5.74) is 3.31. The van der Waals surface area contributed by atoms with Crippen LogP contribution in [0.5, 0.6) is 5.75 Å². The minimum atomic E-state index is -0.131. The fourth-order valence-electron chi connectivity index (χ4n) is 2.70. The van der Waals surface area contributed by atoms with E-state index in [0.717, 1.165) is 23.3 Å². The van der Waals surface area contributed by atoms with Gasteiger partial charge in [-0.15, -0.1) is 0 Å². The first-order chi connectivity index (χ1) is 11.8. The molecule has 2 heterocycles. The highest BCUT2D eigenvalue weighted by Crippen LogP contribution is 2.25. The van der Waals surface area contributed by atoms with Crippen molar-refractivity contribution in [2.45, 2.75) is 13.0 Å². The third-order valence-corrected chi connectivity index (χ3v) is 3.95. The van der Waals surface area contributed by atoms with Crippen molar-refractivity contribution >= 4 is 5.91 Å². The topological polar surface area (TPSA) is 64.4 Å². The van der Waals surface area contributed by atoms with Gasteiger partial charge in [0.15, 0.2) is 0 Å². The quantitative estimate of drug-likeness (QED) is 0.802. The minimum Gasteiger partial charge on any atom is -0.493 e. The molecule has 0 saturated carbocycles. The SMILES string of the molecule is O=C(NCc1coc(-c2ccccc2)n1)c1ccc2c(c1)CCO2. The number of fused-ring (bicyclic) bond motifs is 1. The molecule has 3 aromatic rings. The van der Waals surface area contributed by atoms with Gasteiger partial charge in [0.2, 0.25) is 5.89 Å². The van der Waals surface area contributed by atoms with Gasteiger partial charge in [0.05, 0.1) is 18.8 Å². The van der Waals surface area contributed by atoms with Crippen LogP contribution in [0.15, 0.2) is 59.2 Å². The van der Waals surface area contributed by atoms with Gasteiger partial charge in [0, 0.05) is 17.5 Å². The largest absolute Gasteiger partial charge is 0.493 e. The highest BCUT2D eigenvalue weighted by atomic mass is 16.5. The number of nitrogens with zero attached hydrogens (tertiary/aromatic N) is 1. The first-order valence-corrected chi connectivity index (χ1v) is 7.83. The number of hydrogen-bond acceptors (Lipinski definition) is 4. The van der Waals surface area contributed by atoms with Crippen molar-refractivity contribution in [1.29, 1.82) is 0 Å². The van der Waals surface area contributed by atoms with Gasteiger partial charge < -0.3 is 14.5 Å². The molecule has 0 spiro atoms. The molecule has 0 aliphatic carbocycles. The van der Waals surface area contributed by atoms with Crippen molar-refractivity contribution in [2.75, 3.05) is 6.61 Å². The lowest BCUT2D eigenvalue weighted by Crippen LogP contribution is -2.23. The Balaban J connectivity index is 1.42. The molecule has 0 unspecified atom stereocenters. The Morgan fingerprint density at radius 2 is 2.04 bits per heavy atom. The molecule has 0 saturated heterocycles. The average molecular weight is 320 g/mol.